The van der Waals surface area contributed by atoms with Crippen molar-refractivity contribution in [2.45, 2.75) is 77.0 Å². The monoisotopic (exact) mass is 1680 g/mol. The van der Waals surface area contributed by atoms with E-state index in [9.17, 15) is 0 Å². The van der Waals surface area contributed by atoms with Crippen LogP contribution in [0.15, 0.2) is 426 Å². The molecule has 20 rings (SSSR count). The first kappa shape index (κ1) is 82.8. The van der Waals surface area contributed by atoms with Crippen molar-refractivity contribution in [3.05, 3.63) is 515 Å². The molecule has 4 nitrogen and oxygen atoms in total. The van der Waals surface area contributed by atoms with E-state index in [1.165, 1.54) is 66.8 Å². The van der Waals surface area contributed by atoms with Gasteiger partial charge in [-0.1, -0.05) is 334 Å². The number of halogens is 2. The Kier molecular flexibility index (Phi) is 21.4. The van der Waals surface area contributed by atoms with E-state index in [0.717, 1.165) is 135 Å². The van der Waals surface area contributed by atoms with Crippen molar-refractivity contribution >= 4 is 46.3 Å². The Hall–Kier alpha value is -15.5. The molecule has 0 aromatic heterocycles. The van der Waals surface area contributed by atoms with Crippen LogP contribution in [0.2, 0.25) is 0 Å². The van der Waals surface area contributed by atoms with E-state index < -0.39 is 10.8 Å². The molecule has 6 heteroatoms. The number of hydrogen-bond donors (Lipinski definition) is 0. The maximum absolute atomic E-state index is 15.2. The van der Waals surface area contributed by atoms with Gasteiger partial charge in [-0.15, -0.1) is 0 Å². The average Bonchev–Trinajstić information content (AvgIpc) is 1.54. The molecule has 0 bridgehead atoms. The molecule has 0 heterocycles. The first-order chi connectivity index (χ1) is 63.2. The van der Waals surface area contributed by atoms with E-state index >= 15 is 8.78 Å². The molecule has 0 saturated heterocycles. The number of aryl methyl sites for hydroxylation is 2. The molecule has 2 aliphatic carbocycles. The summed E-state index contributed by atoms with van der Waals surface area (Å²) in [4.78, 5) is 4.59. The summed E-state index contributed by atoms with van der Waals surface area (Å²) < 4.78 is 43.4. The third-order valence-corrected chi connectivity index (χ3v) is 26.5. The number of nitrogens with zero attached hydrogens (tertiary/aromatic N) is 2. The first-order valence-corrected chi connectivity index (χ1v) is 44.6. The topological polar surface area (TPSA) is 24.9 Å². The predicted octanol–water partition coefficient (Wildman–Crippen LogP) is 34.0. The van der Waals surface area contributed by atoms with Crippen LogP contribution in [0.5, 0.6) is 23.0 Å². The highest BCUT2D eigenvalue weighted by atomic mass is 19.1. The lowest BCUT2D eigenvalue weighted by molar-refractivity contribution is 0.482. The van der Waals surface area contributed by atoms with Gasteiger partial charge in [0.15, 0.2) is 0 Å². The summed E-state index contributed by atoms with van der Waals surface area (Å²) in [6.07, 6.45) is 3.68. The van der Waals surface area contributed by atoms with Crippen LogP contribution in [0.3, 0.4) is 0 Å². The van der Waals surface area contributed by atoms with Crippen LogP contribution < -0.4 is 19.3 Å². The molecule has 0 radical (unpaired) electrons. The van der Waals surface area contributed by atoms with Gasteiger partial charge in [0.1, 0.15) is 34.6 Å². The van der Waals surface area contributed by atoms with Crippen molar-refractivity contribution in [3.63, 3.8) is 0 Å². The molecule has 0 saturated carbocycles. The van der Waals surface area contributed by atoms with Crippen LogP contribution >= 0.6 is 0 Å². The van der Waals surface area contributed by atoms with E-state index in [4.69, 9.17) is 9.47 Å². The molecule has 0 amide bonds. The van der Waals surface area contributed by atoms with Crippen molar-refractivity contribution < 1.29 is 18.3 Å². The second kappa shape index (κ2) is 33.7. The summed E-state index contributed by atoms with van der Waals surface area (Å²) in [5, 5.41) is 0. The minimum absolute atomic E-state index is 0.0400. The molecule has 18 aromatic rings. The van der Waals surface area contributed by atoms with Crippen molar-refractivity contribution in [2.24, 2.45) is 0 Å². The summed E-state index contributed by atoms with van der Waals surface area (Å²) in [5.41, 5.74) is 34.4. The predicted molar refractivity (Wildman–Crippen MR) is 538 cm³/mol. The third-order valence-electron chi connectivity index (χ3n) is 26.5. The smallest absolute Gasteiger partial charge is 0.127 e. The summed E-state index contributed by atoms with van der Waals surface area (Å²) in [5.74, 6) is 2.56. The maximum Gasteiger partial charge on any atom is 0.127 e. The summed E-state index contributed by atoms with van der Waals surface area (Å²) in [6, 6.07) is 147. The molecule has 130 heavy (non-hydrogen) atoms. The van der Waals surface area contributed by atoms with Gasteiger partial charge < -0.3 is 19.3 Å². The van der Waals surface area contributed by atoms with Gasteiger partial charge in [-0.25, -0.2) is 8.78 Å². The molecule has 630 valence electrons. The lowest BCUT2D eigenvalue weighted by Crippen LogP contribution is -2.29. The van der Waals surface area contributed by atoms with Crippen molar-refractivity contribution in [2.75, 3.05) is 9.80 Å². The van der Waals surface area contributed by atoms with Crippen LogP contribution in [0.4, 0.5) is 42.9 Å². The fourth-order valence-electron chi connectivity index (χ4n) is 19.4. The Balaban J connectivity index is 0.635. The van der Waals surface area contributed by atoms with Gasteiger partial charge >= 0.3 is 0 Å². The highest BCUT2D eigenvalue weighted by Crippen LogP contribution is 2.60. The highest BCUT2D eigenvalue weighted by molar-refractivity contribution is 5.92. The van der Waals surface area contributed by atoms with Crippen LogP contribution in [-0.4, -0.2) is 0 Å². The van der Waals surface area contributed by atoms with Crippen LogP contribution in [-0.2, 0) is 21.7 Å². The van der Waals surface area contributed by atoms with Gasteiger partial charge in [0.05, 0.1) is 10.8 Å². The highest BCUT2D eigenvalue weighted by Gasteiger charge is 2.48. The quantitative estimate of drug-likeness (QED) is 0.0716. The van der Waals surface area contributed by atoms with Gasteiger partial charge in [0.2, 0.25) is 0 Å². The second-order valence-corrected chi connectivity index (χ2v) is 36.4. The van der Waals surface area contributed by atoms with Crippen molar-refractivity contribution in [3.8, 4) is 101 Å². The number of ether oxygens (including phenoxy) is 2. The maximum atomic E-state index is 15.2. The fraction of sp³-hybridized carbons (Fsp3) is 0.0968. The lowest BCUT2D eigenvalue weighted by Gasteiger charge is -2.34. The van der Waals surface area contributed by atoms with E-state index in [1.807, 2.05) is 84.9 Å². The molecular weight excluding hydrogens is 1590 g/mol. The van der Waals surface area contributed by atoms with Gasteiger partial charge in [0, 0.05) is 34.1 Å². The Bertz CT molecular complexity index is 6830. The number of hydrogen-bond acceptors (Lipinski definition) is 4. The minimum Gasteiger partial charge on any atom is -0.457 e. The second-order valence-electron chi connectivity index (χ2n) is 36.4. The zero-order valence-electron chi connectivity index (χ0n) is 74.3. The Labute approximate surface area is 762 Å². The van der Waals surface area contributed by atoms with Crippen LogP contribution in [0.1, 0.15) is 119 Å². The fourth-order valence-corrected chi connectivity index (χ4v) is 19.4. The molecule has 0 fully saturated rings. The summed E-state index contributed by atoms with van der Waals surface area (Å²) in [7, 11) is 0. The number of anilines is 6. The Morgan fingerprint density at radius 2 is 0.477 bits per heavy atom. The molecular formula is C124H98F2N2O2. The van der Waals surface area contributed by atoms with E-state index in [2.05, 4.69) is 392 Å². The normalized spacial score (nSPS) is 14.2. The molecule has 2 unspecified atom stereocenters. The third kappa shape index (κ3) is 15.3. The first-order valence-electron chi connectivity index (χ1n) is 44.6. The van der Waals surface area contributed by atoms with Gasteiger partial charge in [-0.2, -0.15) is 0 Å². The molecule has 2 atom stereocenters. The Morgan fingerprint density at radius 1 is 0.246 bits per heavy atom. The zero-order chi connectivity index (χ0) is 89.2. The summed E-state index contributed by atoms with van der Waals surface area (Å²) in [6.45, 7) is 25.1. The van der Waals surface area contributed by atoms with Gasteiger partial charge in [-0.05, 0) is 326 Å². The molecule has 2 aliphatic rings. The standard InChI is InChI=1S/C124H98F2N2O2/c1-11-83-23-67-107(68-24-83)129-109-71-51-99(52-72-109)123(97-47-43-95(44-48-97)121(5,6)7)115-19-15-13-17-111(115)113-75-41-91(77-117(113)123)87-33-59-103(60-34-87)127(105-63-37-89(38-64-105)93-27-21-81(3)119(125)79-93)101-55-29-85(30-56-101)86-31-57-102(58-32-86)128(106-65-39-90(40-66-106)94-28-22-82(4)120(126)80-94)104-61-35-88(36-62-104)92-42-76-114-112-18-14-16-20-116(112)124(118(114)78-92,98-49-45-96(46-50-98)122(8,9)10)100-53-73-110(74-54-100)130-108-69-25-84(12-2)26-70-108/h11-80H,1-2H2,3-10H3. The number of fused-ring (bicyclic) bond motifs is 6. The largest absolute Gasteiger partial charge is 0.457 e. The van der Waals surface area contributed by atoms with E-state index in [-0.39, 0.29) is 22.5 Å². The van der Waals surface area contributed by atoms with Crippen molar-refractivity contribution in [1.29, 1.82) is 0 Å². The zero-order valence-corrected chi connectivity index (χ0v) is 74.3. The van der Waals surface area contributed by atoms with Crippen molar-refractivity contribution in [1.82, 2.24) is 0 Å². The molecule has 18 aromatic carbocycles. The average molecular weight is 1690 g/mol. The minimum atomic E-state index is -0.676. The summed E-state index contributed by atoms with van der Waals surface area (Å²) >= 11 is 0. The number of benzene rings is 18. The lowest BCUT2D eigenvalue weighted by atomic mass is 9.67. The van der Waals surface area contributed by atoms with Crippen LogP contribution in [0, 0.1) is 25.5 Å². The molecule has 0 spiro atoms. The van der Waals surface area contributed by atoms with Crippen LogP contribution in [0.25, 0.3) is 90.0 Å². The molecule has 0 N–H and O–H groups in total. The van der Waals surface area contributed by atoms with E-state index in [1.54, 1.807) is 26.0 Å². The molecule has 0 aliphatic heterocycles. The SMILES string of the molecule is C=Cc1ccc(Oc2ccc(C3(c4ccc(C(C)(C)C)cc4)c4ccccc4-c4ccc(-c5ccc(N(c6ccc(-c7ccc(N(c8ccc(-c9ccc(C)c(F)c9)cc8)c8ccc(-c9ccc%10c(c9)C(c9ccc(Oc%11ccc(C=C)cc%11)cc9)(c9ccc(C(C)(C)C)cc9)c9ccccc9-%10)cc8)cc7)cc6)c6ccc(-c7ccc(C)c(F)c7)cc6)cc5)cc43)cc2)cc1. The number of rotatable bonds is 21. The van der Waals surface area contributed by atoms with Gasteiger partial charge in [-0.3, -0.25) is 0 Å². The van der Waals surface area contributed by atoms with E-state index in [0.29, 0.717) is 11.1 Å². The Morgan fingerprint density at radius 3 is 0.746 bits per heavy atom. The van der Waals surface area contributed by atoms with Gasteiger partial charge in [0.25, 0.3) is 0 Å².